The molecule has 0 radical (unpaired) electrons. The van der Waals surface area contributed by atoms with Crippen molar-refractivity contribution in [2.45, 2.75) is 6.92 Å². The summed E-state index contributed by atoms with van der Waals surface area (Å²) in [4.78, 5) is 23.9. The minimum atomic E-state index is -0.808. The first kappa shape index (κ1) is 18.1. The van der Waals surface area contributed by atoms with Crippen molar-refractivity contribution in [2.75, 3.05) is 17.7 Å². The van der Waals surface area contributed by atoms with Gasteiger partial charge in [-0.3, -0.25) is 10.1 Å². The number of nitrogens with zero attached hydrogens (tertiary/aromatic N) is 2. The number of amides is 2. The molecule has 7 nitrogen and oxygen atoms in total. The zero-order valence-electron chi connectivity index (χ0n) is 14.7. The summed E-state index contributed by atoms with van der Waals surface area (Å²) in [7, 11) is 1.17. The summed E-state index contributed by atoms with van der Waals surface area (Å²) < 4.78 is 19.9. The van der Waals surface area contributed by atoms with E-state index < -0.39 is 17.8 Å². The molecule has 0 fully saturated rings. The number of ether oxygens (including phenoxy) is 1. The molecular weight excluding hydrogens is 351 g/mol. The highest BCUT2D eigenvalue weighted by atomic mass is 19.1. The molecule has 3 aromatic rings. The van der Waals surface area contributed by atoms with Gasteiger partial charge in [0.2, 0.25) is 0 Å². The molecular formula is C19H17FN4O3. The van der Waals surface area contributed by atoms with Crippen molar-refractivity contribution < 1.29 is 18.7 Å². The number of para-hydroxylation sites is 1. The Kier molecular flexibility index (Phi) is 5.16. The van der Waals surface area contributed by atoms with Crippen LogP contribution in [0, 0.1) is 12.7 Å². The van der Waals surface area contributed by atoms with Gasteiger partial charge in [0.05, 0.1) is 35.9 Å². The van der Waals surface area contributed by atoms with E-state index >= 15 is 0 Å². The summed E-state index contributed by atoms with van der Waals surface area (Å²) in [5.74, 6) is -1.04. The Hall–Kier alpha value is -3.68. The van der Waals surface area contributed by atoms with Crippen LogP contribution >= 0.6 is 0 Å². The molecule has 2 aromatic carbocycles. The third-order valence-corrected chi connectivity index (χ3v) is 3.90. The minimum absolute atomic E-state index is 0.101. The number of anilines is 2. The number of benzene rings is 2. The molecule has 1 heterocycles. The highest BCUT2D eigenvalue weighted by Crippen LogP contribution is 2.21. The quantitative estimate of drug-likeness (QED) is 0.734. The van der Waals surface area contributed by atoms with Crippen LogP contribution < -0.4 is 10.6 Å². The average Bonchev–Trinajstić information content (AvgIpc) is 3.06. The van der Waals surface area contributed by atoms with Crippen LogP contribution in [-0.4, -0.2) is 28.9 Å². The SMILES string of the molecule is COC(=O)Nc1cc(NC(=O)c2cnn(-c3ccccc3)c2C)ccc1F. The molecule has 0 aliphatic carbocycles. The summed E-state index contributed by atoms with van der Waals surface area (Å²) in [5.41, 5.74) is 2.09. The van der Waals surface area contributed by atoms with E-state index in [-0.39, 0.29) is 5.69 Å². The number of aromatic nitrogens is 2. The van der Waals surface area contributed by atoms with Crippen LogP contribution in [0.3, 0.4) is 0 Å². The van der Waals surface area contributed by atoms with Gasteiger partial charge in [0.25, 0.3) is 5.91 Å². The number of rotatable bonds is 4. The van der Waals surface area contributed by atoms with E-state index in [4.69, 9.17) is 0 Å². The second kappa shape index (κ2) is 7.69. The first-order chi connectivity index (χ1) is 13.0. The summed E-state index contributed by atoms with van der Waals surface area (Å²) in [5, 5.41) is 9.17. The van der Waals surface area contributed by atoms with Gasteiger partial charge in [-0.25, -0.2) is 13.9 Å². The molecule has 27 heavy (non-hydrogen) atoms. The summed E-state index contributed by atoms with van der Waals surface area (Å²) >= 11 is 0. The fraction of sp³-hybridized carbons (Fsp3) is 0.105. The van der Waals surface area contributed by atoms with Crippen LogP contribution in [0.25, 0.3) is 5.69 Å². The largest absolute Gasteiger partial charge is 0.453 e. The Balaban J connectivity index is 1.81. The first-order valence-electron chi connectivity index (χ1n) is 8.05. The van der Waals surface area contributed by atoms with Gasteiger partial charge < -0.3 is 10.1 Å². The number of hydrogen-bond acceptors (Lipinski definition) is 4. The van der Waals surface area contributed by atoms with Gasteiger partial charge in [0.15, 0.2) is 0 Å². The van der Waals surface area contributed by atoms with Crippen LogP contribution in [-0.2, 0) is 4.74 Å². The lowest BCUT2D eigenvalue weighted by Crippen LogP contribution is -2.15. The Labute approximate surface area is 154 Å². The minimum Gasteiger partial charge on any atom is -0.453 e. The van der Waals surface area contributed by atoms with Crippen molar-refractivity contribution in [2.24, 2.45) is 0 Å². The highest BCUT2D eigenvalue weighted by Gasteiger charge is 2.16. The predicted molar refractivity (Wildman–Crippen MR) is 98.7 cm³/mol. The molecule has 2 N–H and O–H groups in total. The van der Waals surface area contributed by atoms with Crippen LogP contribution in [0.4, 0.5) is 20.6 Å². The summed E-state index contributed by atoms with van der Waals surface area (Å²) in [6.07, 6.45) is 0.659. The van der Waals surface area contributed by atoms with Gasteiger partial charge in [-0.05, 0) is 37.3 Å². The second-order valence-electron chi connectivity index (χ2n) is 5.66. The van der Waals surface area contributed by atoms with E-state index in [1.807, 2.05) is 30.3 Å². The topological polar surface area (TPSA) is 85.2 Å². The predicted octanol–water partition coefficient (Wildman–Crippen LogP) is 3.75. The molecule has 0 unspecified atom stereocenters. The molecule has 0 saturated carbocycles. The Morgan fingerprint density at radius 3 is 2.56 bits per heavy atom. The summed E-state index contributed by atoms with van der Waals surface area (Å²) in [6.45, 7) is 1.78. The molecule has 2 amide bonds. The van der Waals surface area contributed by atoms with E-state index in [0.29, 0.717) is 16.9 Å². The molecule has 138 valence electrons. The highest BCUT2D eigenvalue weighted by molar-refractivity contribution is 6.05. The first-order valence-corrected chi connectivity index (χ1v) is 8.05. The fourth-order valence-corrected chi connectivity index (χ4v) is 2.52. The van der Waals surface area contributed by atoms with Crippen molar-refractivity contribution in [3.05, 3.63) is 71.8 Å². The van der Waals surface area contributed by atoms with Crippen LogP contribution in [0.15, 0.2) is 54.7 Å². The maximum Gasteiger partial charge on any atom is 0.411 e. The third kappa shape index (κ3) is 3.95. The van der Waals surface area contributed by atoms with E-state index in [0.717, 1.165) is 11.8 Å². The smallest absolute Gasteiger partial charge is 0.411 e. The van der Waals surface area contributed by atoms with E-state index in [1.54, 1.807) is 11.6 Å². The molecule has 0 bridgehead atoms. The zero-order chi connectivity index (χ0) is 19.4. The number of methoxy groups -OCH3 is 1. The fourth-order valence-electron chi connectivity index (χ4n) is 2.52. The monoisotopic (exact) mass is 368 g/mol. The third-order valence-electron chi connectivity index (χ3n) is 3.90. The van der Waals surface area contributed by atoms with Gasteiger partial charge in [-0.2, -0.15) is 5.10 Å². The number of hydrogen-bond donors (Lipinski definition) is 2. The van der Waals surface area contributed by atoms with Crippen molar-refractivity contribution in [1.82, 2.24) is 9.78 Å². The normalized spacial score (nSPS) is 10.3. The van der Waals surface area contributed by atoms with Gasteiger partial charge in [0.1, 0.15) is 5.82 Å². The molecule has 0 aliphatic rings. The molecule has 0 saturated heterocycles. The lowest BCUT2D eigenvalue weighted by molar-refractivity contribution is 0.102. The number of halogens is 1. The lowest BCUT2D eigenvalue weighted by atomic mass is 10.2. The molecule has 8 heteroatoms. The Bertz CT molecular complexity index is 986. The standard InChI is InChI=1S/C19H17FN4O3/c1-12-15(11-21-24(12)14-6-4-3-5-7-14)18(25)22-13-8-9-16(20)17(10-13)23-19(26)27-2/h3-11H,1-2H3,(H,22,25)(H,23,26). The van der Waals surface area contributed by atoms with E-state index in [1.165, 1.54) is 25.4 Å². The number of carbonyl (C=O) groups is 2. The zero-order valence-corrected chi connectivity index (χ0v) is 14.7. The molecule has 0 atom stereocenters. The van der Waals surface area contributed by atoms with Gasteiger partial charge >= 0.3 is 6.09 Å². The molecule has 0 aliphatic heterocycles. The molecule has 0 spiro atoms. The second-order valence-corrected chi connectivity index (χ2v) is 5.66. The lowest BCUT2D eigenvalue weighted by Gasteiger charge is -2.09. The van der Waals surface area contributed by atoms with Gasteiger partial charge in [-0.15, -0.1) is 0 Å². The van der Waals surface area contributed by atoms with Crippen LogP contribution in [0.2, 0.25) is 0 Å². The Morgan fingerprint density at radius 1 is 1.11 bits per heavy atom. The van der Waals surface area contributed by atoms with E-state index in [9.17, 15) is 14.0 Å². The van der Waals surface area contributed by atoms with Crippen LogP contribution in [0.5, 0.6) is 0 Å². The van der Waals surface area contributed by atoms with Gasteiger partial charge in [0, 0.05) is 5.69 Å². The van der Waals surface area contributed by atoms with Crippen molar-refractivity contribution >= 4 is 23.4 Å². The average molecular weight is 368 g/mol. The summed E-state index contributed by atoms with van der Waals surface area (Å²) in [6, 6.07) is 13.3. The van der Waals surface area contributed by atoms with Crippen LogP contribution in [0.1, 0.15) is 16.1 Å². The van der Waals surface area contributed by atoms with Gasteiger partial charge in [-0.1, -0.05) is 18.2 Å². The maximum absolute atomic E-state index is 13.8. The van der Waals surface area contributed by atoms with Crippen molar-refractivity contribution in [3.63, 3.8) is 0 Å². The van der Waals surface area contributed by atoms with Crippen molar-refractivity contribution in [1.29, 1.82) is 0 Å². The number of nitrogens with one attached hydrogen (secondary N) is 2. The molecule has 1 aromatic heterocycles. The number of carbonyl (C=O) groups excluding carboxylic acids is 2. The Morgan fingerprint density at radius 2 is 1.85 bits per heavy atom. The van der Waals surface area contributed by atoms with Crippen molar-refractivity contribution in [3.8, 4) is 5.69 Å². The van der Waals surface area contributed by atoms with E-state index in [2.05, 4.69) is 20.5 Å². The molecule has 3 rings (SSSR count). The maximum atomic E-state index is 13.8.